The SMILES string of the molecule is CCNC(=O)[C@H]1CCN(Cc2nc(-c3ccc(OC)cc3F)oc2C)C1. The summed E-state index contributed by atoms with van der Waals surface area (Å²) in [5.74, 6) is 1.06. The summed E-state index contributed by atoms with van der Waals surface area (Å²) in [7, 11) is 1.49. The van der Waals surface area contributed by atoms with E-state index < -0.39 is 5.82 Å². The number of carbonyl (C=O) groups is 1. The van der Waals surface area contributed by atoms with E-state index in [1.807, 2.05) is 13.8 Å². The fourth-order valence-electron chi connectivity index (χ4n) is 3.21. The summed E-state index contributed by atoms with van der Waals surface area (Å²) in [5.41, 5.74) is 1.08. The number of nitrogens with one attached hydrogen (secondary N) is 1. The van der Waals surface area contributed by atoms with Gasteiger partial charge in [-0.05, 0) is 38.9 Å². The molecule has 140 valence electrons. The highest BCUT2D eigenvalue weighted by Gasteiger charge is 2.29. The van der Waals surface area contributed by atoms with Crippen molar-refractivity contribution in [3.8, 4) is 17.2 Å². The van der Waals surface area contributed by atoms with E-state index in [9.17, 15) is 9.18 Å². The highest BCUT2D eigenvalue weighted by molar-refractivity contribution is 5.79. The average molecular weight is 361 g/mol. The van der Waals surface area contributed by atoms with Crippen LogP contribution in [0.5, 0.6) is 5.75 Å². The van der Waals surface area contributed by atoms with Crippen molar-refractivity contribution in [3.05, 3.63) is 35.5 Å². The lowest BCUT2D eigenvalue weighted by molar-refractivity contribution is -0.124. The lowest BCUT2D eigenvalue weighted by Gasteiger charge is -2.14. The van der Waals surface area contributed by atoms with Crippen LogP contribution in [0, 0.1) is 18.7 Å². The second kappa shape index (κ2) is 7.86. The van der Waals surface area contributed by atoms with Gasteiger partial charge in [0, 0.05) is 25.7 Å². The lowest BCUT2D eigenvalue weighted by atomic mass is 10.1. The first-order chi connectivity index (χ1) is 12.5. The summed E-state index contributed by atoms with van der Waals surface area (Å²) in [4.78, 5) is 18.6. The summed E-state index contributed by atoms with van der Waals surface area (Å²) in [6.45, 7) is 6.51. The molecule has 1 aliphatic rings. The Morgan fingerprint density at radius 1 is 1.50 bits per heavy atom. The second-order valence-corrected chi connectivity index (χ2v) is 6.48. The molecule has 1 fully saturated rings. The van der Waals surface area contributed by atoms with Crippen molar-refractivity contribution in [2.75, 3.05) is 26.7 Å². The second-order valence-electron chi connectivity index (χ2n) is 6.48. The van der Waals surface area contributed by atoms with Gasteiger partial charge in [-0.25, -0.2) is 9.37 Å². The molecular weight excluding hydrogens is 337 g/mol. The molecule has 1 aromatic heterocycles. The molecule has 0 spiro atoms. The van der Waals surface area contributed by atoms with Crippen molar-refractivity contribution in [1.82, 2.24) is 15.2 Å². The highest BCUT2D eigenvalue weighted by Crippen LogP contribution is 2.28. The number of aryl methyl sites for hydroxylation is 1. The quantitative estimate of drug-likeness (QED) is 0.857. The summed E-state index contributed by atoms with van der Waals surface area (Å²) < 4.78 is 24.9. The Morgan fingerprint density at radius 2 is 2.31 bits per heavy atom. The number of carbonyl (C=O) groups excluding carboxylic acids is 1. The van der Waals surface area contributed by atoms with E-state index in [1.54, 1.807) is 12.1 Å². The molecule has 2 heterocycles. The molecule has 6 nitrogen and oxygen atoms in total. The van der Waals surface area contributed by atoms with E-state index in [4.69, 9.17) is 9.15 Å². The predicted molar refractivity (Wildman–Crippen MR) is 95.3 cm³/mol. The Kier molecular flexibility index (Phi) is 5.56. The fraction of sp³-hybridized carbons (Fsp3) is 0.474. The maximum Gasteiger partial charge on any atom is 0.229 e. The molecule has 0 unspecified atom stereocenters. The van der Waals surface area contributed by atoms with Crippen LogP contribution in [0.25, 0.3) is 11.5 Å². The summed E-state index contributed by atoms with van der Waals surface area (Å²) in [6.07, 6.45) is 0.836. The van der Waals surface area contributed by atoms with Crippen LogP contribution in [0.3, 0.4) is 0 Å². The third-order valence-corrected chi connectivity index (χ3v) is 4.67. The van der Waals surface area contributed by atoms with E-state index >= 15 is 0 Å². The molecule has 1 N–H and O–H groups in total. The van der Waals surface area contributed by atoms with Crippen LogP contribution in [0.2, 0.25) is 0 Å². The smallest absolute Gasteiger partial charge is 0.229 e. The Labute approximate surface area is 152 Å². The number of rotatable bonds is 6. The van der Waals surface area contributed by atoms with Crippen LogP contribution in [-0.4, -0.2) is 42.5 Å². The predicted octanol–water partition coefficient (Wildman–Crippen LogP) is 2.76. The van der Waals surface area contributed by atoms with Crippen molar-refractivity contribution >= 4 is 5.91 Å². The Hall–Kier alpha value is -2.41. The molecule has 0 radical (unpaired) electrons. The Balaban J connectivity index is 1.70. The molecule has 2 aromatic rings. The molecule has 1 saturated heterocycles. The molecule has 1 amide bonds. The van der Waals surface area contributed by atoms with Crippen molar-refractivity contribution in [2.24, 2.45) is 5.92 Å². The average Bonchev–Trinajstić information content (AvgIpc) is 3.22. The van der Waals surface area contributed by atoms with Gasteiger partial charge in [0.15, 0.2) is 0 Å². The van der Waals surface area contributed by atoms with Crippen LogP contribution in [0.4, 0.5) is 4.39 Å². The molecule has 0 saturated carbocycles. The number of aromatic nitrogens is 1. The van der Waals surface area contributed by atoms with Crippen molar-refractivity contribution in [1.29, 1.82) is 0 Å². The minimum absolute atomic E-state index is 0.0145. The van der Waals surface area contributed by atoms with Crippen LogP contribution >= 0.6 is 0 Å². The highest BCUT2D eigenvalue weighted by atomic mass is 19.1. The number of ether oxygens (including phenoxy) is 1. The molecule has 0 bridgehead atoms. The minimum Gasteiger partial charge on any atom is -0.497 e. The van der Waals surface area contributed by atoms with E-state index in [1.165, 1.54) is 13.2 Å². The van der Waals surface area contributed by atoms with Gasteiger partial charge < -0.3 is 14.5 Å². The summed E-state index contributed by atoms with van der Waals surface area (Å²) in [6, 6.07) is 4.59. The zero-order valence-corrected chi connectivity index (χ0v) is 15.3. The number of hydrogen-bond acceptors (Lipinski definition) is 5. The number of nitrogens with zero attached hydrogens (tertiary/aromatic N) is 2. The maximum absolute atomic E-state index is 14.2. The van der Waals surface area contributed by atoms with Gasteiger partial charge >= 0.3 is 0 Å². The van der Waals surface area contributed by atoms with E-state index in [2.05, 4.69) is 15.2 Å². The first-order valence-corrected chi connectivity index (χ1v) is 8.82. The Morgan fingerprint density at radius 3 is 3.00 bits per heavy atom. The minimum atomic E-state index is -0.436. The first-order valence-electron chi connectivity index (χ1n) is 8.82. The van der Waals surface area contributed by atoms with Crippen molar-refractivity contribution in [3.63, 3.8) is 0 Å². The molecule has 0 aliphatic carbocycles. The molecule has 1 aliphatic heterocycles. The van der Waals surface area contributed by atoms with E-state index in [0.717, 1.165) is 18.7 Å². The third kappa shape index (κ3) is 3.88. The van der Waals surface area contributed by atoms with E-state index in [0.29, 0.717) is 36.7 Å². The van der Waals surface area contributed by atoms with Gasteiger partial charge in [-0.3, -0.25) is 9.69 Å². The van der Waals surface area contributed by atoms with Gasteiger partial charge in [-0.1, -0.05) is 0 Å². The molecule has 7 heteroatoms. The van der Waals surface area contributed by atoms with Crippen molar-refractivity contribution in [2.45, 2.75) is 26.8 Å². The van der Waals surface area contributed by atoms with Gasteiger partial charge in [0.1, 0.15) is 17.3 Å². The largest absolute Gasteiger partial charge is 0.497 e. The van der Waals surface area contributed by atoms with Crippen LogP contribution in [0.15, 0.2) is 22.6 Å². The maximum atomic E-state index is 14.2. The van der Waals surface area contributed by atoms with Gasteiger partial charge in [0.25, 0.3) is 0 Å². The summed E-state index contributed by atoms with van der Waals surface area (Å²) >= 11 is 0. The van der Waals surface area contributed by atoms with Gasteiger partial charge in [0.2, 0.25) is 11.8 Å². The Bertz CT molecular complexity index is 790. The van der Waals surface area contributed by atoms with Gasteiger partial charge in [-0.15, -0.1) is 0 Å². The van der Waals surface area contributed by atoms with E-state index in [-0.39, 0.29) is 17.7 Å². The first kappa shape index (κ1) is 18.4. The topological polar surface area (TPSA) is 67.6 Å². The van der Waals surface area contributed by atoms with Crippen molar-refractivity contribution < 1.29 is 18.3 Å². The monoisotopic (exact) mass is 361 g/mol. The van der Waals surface area contributed by atoms with Crippen LogP contribution in [-0.2, 0) is 11.3 Å². The number of methoxy groups -OCH3 is 1. The number of likely N-dealkylation sites (tertiary alicyclic amines) is 1. The zero-order chi connectivity index (χ0) is 18.7. The van der Waals surface area contributed by atoms with Gasteiger partial charge in [-0.2, -0.15) is 0 Å². The molecule has 1 aromatic carbocycles. The fourth-order valence-corrected chi connectivity index (χ4v) is 3.21. The lowest BCUT2D eigenvalue weighted by Crippen LogP contribution is -2.32. The number of halogens is 1. The third-order valence-electron chi connectivity index (χ3n) is 4.67. The molecule has 3 rings (SSSR count). The van der Waals surface area contributed by atoms with Gasteiger partial charge in [0.05, 0.1) is 24.3 Å². The number of benzene rings is 1. The molecule has 1 atom stereocenters. The molecular formula is C19H24FN3O3. The normalized spacial score (nSPS) is 17.5. The van der Waals surface area contributed by atoms with Crippen LogP contribution < -0.4 is 10.1 Å². The number of hydrogen-bond donors (Lipinski definition) is 1. The van der Waals surface area contributed by atoms with Crippen LogP contribution in [0.1, 0.15) is 24.8 Å². The molecule has 26 heavy (non-hydrogen) atoms. The zero-order valence-electron chi connectivity index (χ0n) is 15.3. The standard InChI is InChI=1S/C19H24FN3O3/c1-4-21-18(24)13-7-8-23(10-13)11-17-12(2)26-19(22-17)15-6-5-14(25-3)9-16(15)20/h5-6,9,13H,4,7-8,10-11H2,1-3H3,(H,21,24)/t13-/m0/s1. The number of oxazole rings is 1. The summed E-state index contributed by atoms with van der Waals surface area (Å²) in [5, 5.41) is 2.87. The number of amides is 1.